The van der Waals surface area contributed by atoms with Gasteiger partial charge in [-0.3, -0.25) is 4.98 Å². The van der Waals surface area contributed by atoms with Gasteiger partial charge in [0, 0.05) is 44.4 Å². The first-order valence-electron chi connectivity index (χ1n) is 8.77. The molecule has 0 radical (unpaired) electrons. The van der Waals surface area contributed by atoms with Crippen molar-refractivity contribution in [2.24, 2.45) is 0 Å². The fourth-order valence-corrected chi connectivity index (χ4v) is 4.40. The molecule has 1 aromatic carbocycles. The minimum absolute atomic E-state index is 0.182. The molecule has 8 heteroatoms. The van der Waals surface area contributed by atoms with Crippen molar-refractivity contribution in [1.29, 1.82) is 0 Å². The number of rotatable bonds is 5. The average molecular weight is 389 g/mol. The van der Waals surface area contributed by atoms with Gasteiger partial charge in [-0.2, -0.15) is 17.0 Å². The van der Waals surface area contributed by atoms with E-state index in [9.17, 15) is 13.2 Å². The molecule has 0 bridgehead atoms. The number of hydrogen-bond acceptors (Lipinski definition) is 4. The molecular formula is C19H23N3O4S. The largest absolute Gasteiger partial charge is 0.478 e. The lowest BCUT2D eigenvalue weighted by molar-refractivity contribution is 0.0697. The predicted octanol–water partition coefficient (Wildman–Crippen LogP) is 2.43. The highest BCUT2D eigenvalue weighted by Crippen LogP contribution is 2.30. The van der Waals surface area contributed by atoms with Crippen molar-refractivity contribution in [1.82, 2.24) is 13.6 Å². The average Bonchev–Trinajstić information content (AvgIpc) is 2.68. The molecule has 0 saturated carbocycles. The number of carboxylic acid groups (broad SMARTS) is 1. The quantitative estimate of drug-likeness (QED) is 0.848. The molecule has 2 heterocycles. The number of carbonyl (C=O) groups is 1. The van der Waals surface area contributed by atoms with Gasteiger partial charge in [0.15, 0.2) is 0 Å². The van der Waals surface area contributed by atoms with Crippen LogP contribution in [0.2, 0.25) is 0 Å². The third-order valence-corrected chi connectivity index (χ3v) is 6.78. The number of pyridine rings is 1. The monoisotopic (exact) mass is 389 g/mol. The summed E-state index contributed by atoms with van der Waals surface area (Å²) in [5.41, 5.74) is 2.61. The van der Waals surface area contributed by atoms with Crippen molar-refractivity contribution in [2.75, 3.05) is 27.2 Å². The molecule has 2 aromatic rings. The summed E-state index contributed by atoms with van der Waals surface area (Å²) in [6, 6.07) is 12.4. The zero-order valence-electron chi connectivity index (χ0n) is 15.4. The lowest BCUT2D eigenvalue weighted by Gasteiger charge is -2.32. The standard InChI is InChI=1S/C19H23N3O4S/c1-21(2)27(25,26)22-11-9-14(10-12-22)17-7-4-8-18(20-17)15-5-3-6-16(13-15)19(23)24/h3-8,13-14H,9-12H2,1-2H3,(H,23,24). The number of nitrogens with zero attached hydrogens (tertiary/aromatic N) is 3. The van der Waals surface area contributed by atoms with E-state index in [4.69, 9.17) is 10.1 Å². The topological polar surface area (TPSA) is 90.8 Å². The Labute approximate surface area is 159 Å². The smallest absolute Gasteiger partial charge is 0.335 e. The van der Waals surface area contributed by atoms with Crippen LogP contribution in [0.15, 0.2) is 42.5 Å². The third-order valence-electron chi connectivity index (χ3n) is 4.84. The van der Waals surface area contributed by atoms with Gasteiger partial charge in [0.25, 0.3) is 10.2 Å². The van der Waals surface area contributed by atoms with Gasteiger partial charge in [-0.25, -0.2) is 4.79 Å². The molecule has 1 aliphatic rings. The minimum atomic E-state index is -3.38. The maximum atomic E-state index is 12.2. The van der Waals surface area contributed by atoms with Gasteiger partial charge in [0.05, 0.1) is 11.3 Å². The number of aromatic carboxylic acids is 1. The van der Waals surface area contributed by atoms with Crippen molar-refractivity contribution in [3.05, 3.63) is 53.7 Å². The van der Waals surface area contributed by atoms with E-state index in [-0.39, 0.29) is 11.5 Å². The number of hydrogen-bond donors (Lipinski definition) is 1. The maximum Gasteiger partial charge on any atom is 0.335 e. The summed E-state index contributed by atoms with van der Waals surface area (Å²) in [5.74, 6) is -0.788. The highest BCUT2D eigenvalue weighted by atomic mass is 32.2. The third kappa shape index (κ3) is 4.18. The molecule has 0 unspecified atom stereocenters. The molecule has 1 aliphatic heterocycles. The van der Waals surface area contributed by atoms with E-state index in [1.807, 2.05) is 24.3 Å². The van der Waals surface area contributed by atoms with Gasteiger partial charge in [-0.05, 0) is 37.1 Å². The van der Waals surface area contributed by atoms with Gasteiger partial charge in [-0.1, -0.05) is 18.2 Å². The summed E-state index contributed by atoms with van der Waals surface area (Å²) in [6.07, 6.45) is 1.41. The first kappa shape index (κ1) is 19.5. The predicted molar refractivity (Wildman–Crippen MR) is 103 cm³/mol. The number of piperidine rings is 1. The molecule has 144 valence electrons. The summed E-state index contributed by atoms with van der Waals surface area (Å²) < 4.78 is 27.2. The molecular weight excluding hydrogens is 366 g/mol. The Morgan fingerprint density at radius 1 is 1.15 bits per heavy atom. The van der Waals surface area contributed by atoms with Crippen molar-refractivity contribution in [2.45, 2.75) is 18.8 Å². The van der Waals surface area contributed by atoms with Crippen LogP contribution in [0.25, 0.3) is 11.3 Å². The van der Waals surface area contributed by atoms with Gasteiger partial charge in [0.2, 0.25) is 0 Å². The van der Waals surface area contributed by atoms with Crippen LogP contribution in [0.4, 0.5) is 0 Å². The summed E-state index contributed by atoms with van der Waals surface area (Å²) in [6.45, 7) is 0.928. The molecule has 3 rings (SSSR count). The molecule has 0 amide bonds. The molecule has 1 saturated heterocycles. The Morgan fingerprint density at radius 3 is 2.44 bits per heavy atom. The fourth-order valence-electron chi connectivity index (χ4n) is 3.26. The first-order chi connectivity index (χ1) is 12.8. The highest BCUT2D eigenvalue weighted by Gasteiger charge is 2.30. The van der Waals surface area contributed by atoms with Crippen LogP contribution in [0.5, 0.6) is 0 Å². The van der Waals surface area contributed by atoms with Gasteiger partial charge in [-0.15, -0.1) is 0 Å². The number of benzene rings is 1. The molecule has 1 N–H and O–H groups in total. The van der Waals surface area contributed by atoms with Crippen molar-refractivity contribution < 1.29 is 18.3 Å². The van der Waals surface area contributed by atoms with Gasteiger partial charge < -0.3 is 5.11 Å². The molecule has 0 aliphatic carbocycles. The first-order valence-corrected chi connectivity index (χ1v) is 10.2. The minimum Gasteiger partial charge on any atom is -0.478 e. The molecule has 1 aromatic heterocycles. The van der Waals surface area contributed by atoms with Crippen molar-refractivity contribution >= 4 is 16.2 Å². The second kappa shape index (κ2) is 7.75. The highest BCUT2D eigenvalue weighted by molar-refractivity contribution is 7.86. The van der Waals surface area contributed by atoms with Crippen LogP contribution in [0.3, 0.4) is 0 Å². The number of aromatic nitrogens is 1. The maximum absolute atomic E-state index is 12.2. The van der Waals surface area contributed by atoms with E-state index >= 15 is 0 Å². The normalized spacial score (nSPS) is 16.6. The van der Waals surface area contributed by atoms with Gasteiger partial charge in [0.1, 0.15) is 0 Å². The molecule has 1 fully saturated rings. The lowest BCUT2D eigenvalue weighted by atomic mass is 9.93. The van der Waals surface area contributed by atoms with E-state index in [1.54, 1.807) is 18.2 Å². The zero-order valence-corrected chi connectivity index (χ0v) is 16.2. The van der Waals surface area contributed by atoms with E-state index < -0.39 is 16.2 Å². The number of carboxylic acids is 1. The van der Waals surface area contributed by atoms with E-state index in [0.717, 1.165) is 17.0 Å². The molecule has 27 heavy (non-hydrogen) atoms. The van der Waals surface area contributed by atoms with Crippen LogP contribution in [-0.2, 0) is 10.2 Å². The summed E-state index contributed by atoms with van der Waals surface area (Å²) in [5, 5.41) is 9.17. The van der Waals surface area contributed by atoms with E-state index in [1.165, 1.54) is 22.7 Å². The Balaban J connectivity index is 1.78. The van der Waals surface area contributed by atoms with E-state index in [0.29, 0.717) is 25.9 Å². The van der Waals surface area contributed by atoms with Crippen LogP contribution in [0, 0.1) is 0 Å². The van der Waals surface area contributed by atoms with E-state index in [2.05, 4.69) is 0 Å². The lowest BCUT2D eigenvalue weighted by Crippen LogP contribution is -2.44. The zero-order chi connectivity index (χ0) is 19.6. The molecule has 0 spiro atoms. The fraction of sp³-hybridized carbons (Fsp3) is 0.368. The van der Waals surface area contributed by atoms with Crippen molar-refractivity contribution in [3.8, 4) is 11.3 Å². The Hall–Kier alpha value is -2.29. The van der Waals surface area contributed by atoms with Crippen LogP contribution in [-0.4, -0.2) is 60.3 Å². The molecule has 7 nitrogen and oxygen atoms in total. The second-order valence-corrected chi connectivity index (χ2v) is 8.94. The van der Waals surface area contributed by atoms with Crippen LogP contribution in [0.1, 0.15) is 34.8 Å². The summed E-state index contributed by atoms with van der Waals surface area (Å²) >= 11 is 0. The summed E-state index contributed by atoms with van der Waals surface area (Å²) in [7, 11) is -0.300. The SMILES string of the molecule is CN(C)S(=O)(=O)N1CCC(c2cccc(-c3cccc(C(=O)O)c3)n2)CC1. The van der Waals surface area contributed by atoms with Crippen LogP contribution >= 0.6 is 0 Å². The van der Waals surface area contributed by atoms with Crippen LogP contribution < -0.4 is 0 Å². The second-order valence-electron chi connectivity index (χ2n) is 6.80. The Bertz CT molecular complexity index is 935. The summed E-state index contributed by atoms with van der Waals surface area (Å²) in [4.78, 5) is 15.9. The van der Waals surface area contributed by atoms with Gasteiger partial charge >= 0.3 is 5.97 Å². The van der Waals surface area contributed by atoms with Crippen molar-refractivity contribution in [3.63, 3.8) is 0 Å². The Kier molecular flexibility index (Phi) is 5.59. The molecule has 0 atom stereocenters. The Morgan fingerprint density at radius 2 is 1.81 bits per heavy atom.